The van der Waals surface area contributed by atoms with Crippen LogP contribution in [0.3, 0.4) is 0 Å². The van der Waals surface area contributed by atoms with Gasteiger partial charge in [-0.2, -0.15) is 0 Å². The van der Waals surface area contributed by atoms with Crippen molar-refractivity contribution in [3.05, 3.63) is 97.6 Å². The molecule has 3 heterocycles. The van der Waals surface area contributed by atoms with Crippen molar-refractivity contribution in [1.29, 1.82) is 0 Å². The average Bonchev–Trinajstić information content (AvgIpc) is 3.41. The number of anilines is 1. The molecule has 0 bridgehead atoms. The largest absolute Gasteiger partial charge is 0.331 e. The lowest BCUT2D eigenvalue weighted by Gasteiger charge is -2.13. The van der Waals surface area contributed by atoms with Crippen LogP contribution in [0.1, 0.15) is 27.4 Å². The van der Waals surface area contributed by atoms with Gasteiger partial charge in [0.05, 0.1) is 21.7 Å². The molecular formula is C29H21Cl2F2IN4O2. The molecule has 1 N–H and O–H groups in total. The summed E-state index contributed by atoms with van der Waals surface area (Å²) >= 11 is 14.5. The zero-order valence-corrected chi connectivity index (χ0v) is 25.1. The zero-order valence-electron chi connectivity index (χ0n) is 21.5. The SMILES string of the molecule is Cc1cc2c(nc(C)n2C)c(Cl)c1-c1cccn2c(C(=O)c3cc(F)c(NC(=O)/C=C/CCl)c(F)c3)cc(I)c12. The molecule has 2 aromatic carbocycles. The Labute approximate surface area is 251 Å². The van der Waals surface area contributed by atoms with Crippen LogP contribution in [0.4, 0.5) is 14.5 Å². The molecule has 0 radical (unpaired) electrons. The normalized spacial score (nSPS) is 11.7. The topological polar surface area (TPSA) is 68.4 Å². The highest BCUT2D eigenvalue weighted by Crippen LogP contribution is 2.40. The smallest absolute Gasteiger partial charge is 0.248 e. The number of allylic oxidation sites excluding steroid dienone is 1. The first kappa shape index (κ1) is 28.3. The molecular weight excluding hydrogens is 672 g/mol. The Kier molecular flexibility index (Phi) is 7.73. The molecule has 0 saturated carbocycles. The summed E-state index contributed by atoms with van der Waals surface area (Å²) in [5.74, 6) is -2.59. The van der Waals surface area contributed by atoms with Crippen LogP contribution in [0.15, 0.2) is 54.7 Å². The predicted octanol–water partition coefficient (Wildman–Crippen LogP) is 7.61. The summed E-state index contributed by atoms with van der Waals surface area (Å²) in [7, 11) is 1.93. The highest BCUT2D eigenvalue weighted by molar-refractivity contribution is 14.1. The van der Waals surface area contributed by atoms with Crippen molar-refractivity contribution in [2.24, 2.45) is 7.05 Å². The second-order valence-electron chi connectivity index (χ2n) is 9.18. The number of ketones is 1. The van der Waals surface area contributed by atoms with Crippen molar-refractivity contribution in [3.8, 4) is 11.1 Å². The number of hydrogen-bond donors (Lipinski definition) is 1. The Bertz CT molecular complexity index is 1870. The average molecular weight is 693 g/mol. The fourth-order valence-corrected chi connectivity index (χ4v) is 6.05. The number of nitrogens with one attached hydrogen (secondary N) is 1. The Morgan fingerprint density at radius 2 is 1.85 bits per heavy atom. The van der Waals surface area contributed by atoms with Crippen molar-refractivity contribution >= 4 is 79.7 Å². The van der Waals surface area contributed by atoms with Crippen molar-refractivity contribution in [2.45, 2.75) is 13.8 Å². The molecule has 0 aliphatic rings. The van der Waals surface area contributed by atoms with Crippen molar-refractivity contribution in [3.63, 3.8) is 0 Å². The van der Waals surface area contributed by atoms with E-state index < -0.39 is 29.0 Å². The lowest BCUT2D eigenvalue weighted by atomic mass is 9.99. The van der Waals surface area contributed by atoms with E-state index in [2.05, 4.69) is 32.9 Å². The van der Waals surface area contributed by atoms with E-state index in [1.54, 1.807) is 22.7 Å². The third kappa shape index (κ3) is 4.80. The maximum absolute atomic E-state index is 14.8. The molecule has 0 fully saturated rings. The first-order valence-electron chi connectivity index (χ1n) is 12.0. The molecule has 5 aromatic rings. The molecule has 1 amide bonds. The molecule has 0 aliphatic carbocycles. The summed E-state index contributed by atoms with van der Waals surface area (Å²) in [5.41, 5.74) is 4.18. The Morgan fingerprint density at radius 3 is 2.52 bits per heavy atom. The predicted molar refractivity (Wildman–Crippen MR) is 163 cm³/mol. The van der Waals surface area contributed by atoms with E-state index in [-0.39, 0.29) is 17.1 Å². The number of carbonyl (C=O) groups excluding carboxylic acids is 2. The molecule has 3 aromatic heterocycles. The van der Waals surface area contributed by atoms with Gasteiger partial charge >= 0.3 is 0 Å². The molecule has 11 heteroatoms. The summed E-state index contributed by atoms with van der Waals surface area (Å²) in [6.45, 7) is 3.87. The standard InChI is InChI=1S/C29H21Cl2F2IN4O2/c1-14-10-21-27(35-15(2)37(21)3)25(31)24(14)17-6-5-9-38-22(13-20(34)28(17)38)29(40)16-11-18(32)26(19(33)12-16)36-23(39)7-4-8-30/h4-7,9-13H,8H2,1-3H3,(H,36,39)/b7-4+. The number of benzene rings is 2. The van der Waals surface area contributed by atoms with Crippen molar-refractivity contribution in [2.75, 3.05) is 11.2 Å². The fourth-order valence-electron chi connectivity index (χ4n) is 4.73. The highest BCUT2D eigenvalue weighted by atomic mass is 127. The first-order valence-corrected chi connectivity index (χ1v) is 14.0. The van der Waals surface area contributed by atoms with Crippen LogP contribution in [-0.2, 0) is 11.8 Å². The van der Waals surface area contributed by atoms with Crippen LogP contribution >= 0.6 is 45.8 Å². The van der Waals surface area contributed by atoms with E-state index in [1.165, 1.54) is 6.08 Å². The third-order valence-corrected chi connectivity index (χ3v) is 8.06. The summed E-state index contributed by atoms with van der Waals surface area (Å²) in [6, 6.07) is 9.20. The van der Waals surface area contributed by atoms with Crippen LogP contribution in [0.25, 0.3) is 27.7 Å². The monoisotopic (exact) mass is 692 g/mol. The number of halogens is 5. The van der Waals surface area contributed by atoms with Gasteiger partial charge in [0.25, 0.3) is 0 Å². The number of imidazole rings is 1. The summed E-state index contributed by atoms with van der Waals surface area (Å²) in [5, 5.41) is 2.63. The molecule has 0 unspecified atom stereocenters. The Hall–Kier alpha value is -3.28. The highest BCUT2D eigenvalue weighted by Gasteiger charge is 2.24. The van der Waals surface area contributed by atoms with Gasteiger partial charge in [-0.3, -0.25) is 9.59 Å². The van der Waals surface area contributed by atoms with Gasteiger partial charge in [0, 0.05) is 45.5 Å². The molecule has 0 atom stereocenters. The van der Waals surface area contributed by atoms with E-state index in [4.69, 9.17) is 23.2 Å². The summed E-state index contributed by atoms with van der Waals surface area (Å²) in [4.78, 5) is 30.0. The minimum atomic E-state index is -1.08. The van der Waals surface area contributed by atoms with Gasteiger partial charge in [-0.05, 0) is 72.3 Å². The number of fused-ring (bicyclic) bond motifs is 2. The lowest BCUT2D eigenvalue weighted by molar-refractivity contribution is -0.112. The van der Waals surface area contributed by atoms with Crippen molar-refractivity contribution in [1.82, 2.24) is 14.0 Å². The second kappa shape index (κ2) is 10.9. The van der Waals surface area contributed by atoms with Crippen LogP contribution in [0.2, 0.25) is 5.02 Å². The summed E-state index contributed by atoms with van der Waals surface area (Å²) in [6.07, 6.45) is 4.12. The molecule has 204 valence electrons. The van der Waals surface area contributed by atoms with E-state index in [9.17, 15) is 18.4 Å². The number of aromatic nitrogens is 3. The maximum atomic E-state index is 14.8. The summed E-state index contributed by atoms with van der Waals surface area (Å²) < 4.78 is 34.1. The van der Waals surface area contributed by atoms with Gasteiger partial charge in [-0.1, -0.05) is 23.7 Å². The third-order valence-electron chi connectivity index (χ3n) is 6.69. The quantitative estimate of drug-likeness (QED) is 0.0863. The minimum absolute atomic E-state index is 0.0702. The Balaban J connectivity index is 1.61. The molecule has 6 nitrogen and oxygen atoms in total. The van der Waals surface area contributed by atoms with Gasteiger partial charge in [0.1, 0.15) is 28.7 Å². The van der Waals surface area contributed by atoms with E-state index in [0.717, 1.165) is 55.3 Å². The van der Waals surface area contributed by atoms with Gasteiger partial charge in [-0.25, -0.2) is 13.8 Å². The number of nitrogens with zero attached hydrogens (tertiary/aromatic N) is 3. The van der Waals surface area contributed by atoms with Crippen LogP contribution in [0, 0.1) is 29.1 Å². The van der Waals surface area contributed by atoms with Crippen LogP contribution in [-0.4, -0.2) is 31.5 Å². The number of pyridine rings is 1. The van der Waals surface area contributed by atoms with Crippen molar-refractivity contribution < 1.29 is 18.4 Å². The minimum Gasteiger partial charge on any atom is -0.331 e. The fraction of sp³-hybridized carbons (Fsp3) is 0.138. The molecule has 5 rings (SSSR count). The number of alkyl halides is 1. The van der Waals surface area contributed by atoms with E-state index in [0.29, 0.717) is 10.5 Å². The molecule has 0 aliphatic heterocycles. The Morgan fingerprint density at radius 1 is 1.15 bits per heavy atom. The zero-order chi connectivity index (χ0) is 28.9. The van der Waals surface area contributed by atoms with Gasteiger partial charge in [0.15, 0.2) is 0 Å². The van der Waals surface area contributed by atoms with Gasteiger partial charge in [0.2, 0.25) is 11.7 Å². The molecule has 40 heavy (non-hydrogen) atoms. The maximum Gasteiger partial charge on any atom is 0.248 e. The number of aryl methyl sites for hydroxylation is 3. The first-order chi connectivity index (χ1) is 19.0. The number of amides is 1. The number of rotatable bonds is 6. The van der Waals surface area contributed by atoms with Crippen LogP contribution < -0.4 is 5.32 Å². The van der Waals surface area contributed by atoms with E-state index in [1.807, 2.05) is 37.6 Å². The van der Waals surface area contributed by atoms with Gasteiger partial charge < -0.3 is 14.3 Å². The van der Waals surface area contributed by atoms with Gasteiger partial charge in [-0.15, -0.1) is 11.6 Å². The lowest BCUT2D eigenvalue weighted by Crippen LogP contribution is -2.13. The molecule has 0 spiro atoms. The van der Waals surface area contributed by atoms with Crippen LogP contribution in [0.5, 0.6) is 0 Å². The van der Waals surface area contributed by atoms with E-state index >= 15 is 0 Å². The second-order valence-corrected chi connectivity index (χ2v) is 11.0. The number of hydrogen-bond acceptors (Lipinski definition) is 3. The number of carbonyl (C=O) groups is 2. The molecule has 0 saturated heterocycles.